The van der Waals surface area contributed by atoms with Gasteiger partial charge < -0.3 is 11.5 Å². The molecule has 0 saturated heterocycles. The minimum Gasteiger partial charge on any atom is -0.382 e. The van der Waals surface area contributed by atoms with E-state index in [4.69, 9.17) is 16.9 Å². The molecule has 16 heavy (non-hydrogen) atoms. The Morgan fingerprint density at radius 3 is 2.50 bits per heavy atom. The number of rotatable bonds is 2. The van der Waals surface area contributed by atoms with Crippen LogP contribution in [0.15, 0.2) is 36.5 Å². The summed E-state index contributed by atoms with van der Waals surface area (Å²) in [6.07, 6.45) is 1.57. The smallest absolute Gasteiger partial charge is 0.153 e. The molecule has 0 aliphatic carbocycles. The van der Waals surface area contributed by atoms with Crippen LogP contribution in [0.2, 0.25) is 0 Å². The third-order valence-corrected chi connectivity index (χ3v) is 2.13. The number of nitrogens with zero attached hydrogens (tertiary/aromatic N) is 2. The summed E-state index contributed by atoms with van der Waals surface area (Å²) < 4.78 is 0. The SMILES string of the molecule is N=C(N)c1nc(-c2ccccc2)cnc1N. The van der Waals surface area contributed by atoms with Gasteiger partial charge in [-0.05, 0) is 0 Å². The van der Waals surface area contributed by atoms with Crippen LogP contribution in [0.4, 0.5) is 5.82 Å². The first-order valence-corrected chi connectivity index (χ1v) is 4.71. The van der Waals surface area contributed by atoms with Crippen molar-refractivity contribution >= 4 is 11.7 Å². The van der Waals surface area contributed by atoms with Crippen molar-refractivity contribution in [1.29, 1.82) is 5.41 Å². The van der Waals surface area contributed by atoms with Crippen molar-refractivity contribution in [2.75, 3.05) is 5.73 Å². The first-order chi connectivity index (χ1) is 7.68. The van der Waals surface area contributed by atoms with Crippen molar-refractivity contribution < 1.29 is 0 Å². The van der Waals surface area contributed by atoms with E-state index in [9.17, 15) is 0 Å². The summed E-state index contributed by atoms with van der Waals surface area (Å²) in [4.78, 5) is 8.18. The Bertz CT molecular complexity index is 521. The predicted molar refractivity (Wildman–Crippen MR) is 62.9 cm³/mol. The molecule has 1 aromatic heterocycles. The summed E-state index contributed by atoms with van der Waals surface area (Å²) in [5, 5.41) is 7.33. The number of nitrogens with two attached hydrogens (primary N) is 2. The molecule has 0 aliphatic rings. The zero-order valence-corrected chi connectivity index (χ0v) is 8.51. The number of anilines is 1. The van der Waals surface area contributed by atoms with Gasteiger partial charge in [0.15, 0.2) is 5.82 Å². The van der Waals surface area contributed by atoms with E-state index in [0.717, 1.165) is 5.56 Å². The third-order valence-electron chi connectivity index (χ3n) is 2.13. The van der Waals surface area contributed by atoms with E-state index in [-0.39, 0.29) is 17.3 Å². The molecule has 0 amide bonds. The maximum absolute atomic E-state index is 7.33. The van der Waals surface area contributed by atoms with Crippen molar-refractivity contribution in [2.24, 2.45) is 5.73 Å². The maximum atomic E-state index is 7.33. The van der Waals surface area contributed by atoms with Crippen LogP contribution in [0.5, 0.6) is 0 Å². The van der Waals surface area contributed by atoms with Gasteiger partial charge in [0.1, 0.15) is 11.5 Å². The lowest BCUT2D eigenvalue weighted by molar-refractivity contribution is 1.18. The molecule has 5 heteroatoms. The van der Waals surface area contributed by atoms with Gasteiger partial charge in [0.25, 0.3) is 0 Å². The van der Waals surface area contributed by atoms with Crippen LogP contribution in [-0.2, 0) is 0 Å². The quantitative estimate of drug-likeness (QED) is 0.511. The van der Waals surface area contributed by atoms with Crippen LogP contribution in [0.25, 0.3) is 11.3 Å². The van der Waals surface area contributed by atoms with E-state index in [1.807, 2.05) is 30.3 Å². The first kappa shape index (κ1) is 10.1. The number of nitrogen functional groups attached to an aromatic ring is 2. The summed E-state index contributed by atoms with van der Waals surface area (Å²) in [5.41, 5.74) is 12.7. The van der Waals surface area contributed by atoms with E-state index in [0.29, 0.717) is 5.69 Å². The topological polar surface area (TPSA) is 102 Å². The lowest BCUT2D eigenvalue weighted by Gasteiger charge is -2.05. The average Bonchev–Trinajstić information content (AvgIpc) is 2.30. The molecule has 5 N–H and O–H groups in total. The molecule has 0 aliphatic heterocycles. The monoisotopic (exact) mass is 213 g/mol. The summed E-state index contributed by atoms with van der Waals surface area (Å²) >= 11 is 0. The fourth-order valence-electron chi connectivity index (χ4n) is 1.34. The highest BCUT2D eigenvalue weighted by molar-refractivity contribution is 5.97. The van der Waals surface area contributed by atoms with Gasteiger partial charge in [-0.25, -0.2) is 9.97 Å². The van der Waals surface area contributed by atoms with Crippen LogP contribution in [-0.4, -0.2) is 15.8 Å². The lowest BCUT2D eigenvalue weighted by atomic mass is 10.1. The number of hydrogen-bond donors (Lipinski definition) is 3. The van der Waals surface area contributed by atoms with Gasteiger partial charge in [-0.1, -0.05) is 30.3 Å². The Balaban J connectivity index is 2.52. The lowest BCUT2D eigenvalue weighted by Crippen LogP contribution is -2.17. The van der Waals surface area contributed by atoms with Crippen molar-refractivity contribution in [2.45, 2.75) is 0 Å². The number of hydrogen-bond acceptors (Lipinski definition) is 4. The molecular formula is C11H11N5. The number of amidine groups is 1. The molecule has 2 rings (SSSR count). The molecule has 0 fully saturated rings. The molecule has 0 unspecified atom stereocenters. The second-order valence-corrected chi connectivity index (χ2v) is 3.27. The fraction of sp³-hybridized carbons (Fsp3) is 0. The highest BCUT2D eigenvalue weighted by Crippen LogP contribution is 2.17. The summed E-state index contributed by atoms with van der Waals surface area (Å²) in [5.74, 6) is -0.00466. The summed E-state index contributed by atoms with van der Waals surface area (Å²) in [6, 6.07) is 9.54. The molecule has 0 spiro atoms. The Morgan fingerprint density at radius 1 is 1.19 bits per heavy atom. The van der Waals surface area contributed by atoms with Gasteiger partial charge in [-0.15, -0.1) is 0 Å². The van der Waals surface area contributed by atoms with E-state index in [1.165, 1.54) is 0 Å². The normalized spacial score (nSPS) is 10.0. The number of aromatic nitrogens is 2. The molecule has 0 bridgehead atoms. The average molecular weight is 213 g/mol. The maximum Gasteiger partial charge on any atom is 0.153 e. The Hall–Kier alpha value is -2.43. The van der Waals surface area contributed by atoms with Crippen LogP contribution in [0.3, 0.4) is 0 Å². The van der Waals surface area contributed by atoms with Crippen LogP contribution in [0.1, 0.15) is 5.69 Å². The molecule has 1 heterocycles. The highest BCUT2D eigenvalue weighted by Gasteiger charge is 2.08. The van der Waals surface area contributed by atoms with Crippen molar-refractivity contribution in [3.8, 4) is 11.3 Å². The fourth-order valence-corrected chi connectivity index (χ4v) is 1.34. The van der Waals surface area contributed by atoms with Gasteiger partial charge in [-0.2, -0.15) is 0 Å². The number of nitrogens with one attached hydrogen (secondary N) is 1. The van der Waals surface area contributed by atoms with E-state index in [2.05, 4.69) is 9.97 Å². The van der Waals surface area contributed by atoms with Gasteiger partial charge in [-0.3, -0.25) is 5.41 Å². The third kappa shape index (κ3) is 1.83. The van der Waals surface area contributed by atoms with Crippen LogP contribution >= 0.6 is 0 Å². The molecular weight excluding hydrogens is 202 g/mol. The zero-order chi connectivity index (χ0) is 11.5. The first-order valence-electron chi connectivity index (χ1n) is 4.71. The van der Waals surface area contributed by atoms with Crippen LogP contribution < -0.4 is 11.5 Å². The summed E-state index contributed by atoms with van der Waals surface area (Å²) in [7, 11) is 0. The second kappa shape index (κ2) is 3.98. The zero-order valence-electron chi connectivity index (χ0n) is 8.51. The largest absolute Gasteiger partial charge is 0.382 e. The minimum absolute atomic E-state index is 0.173. The van der Waals surface area contributed by atoms with Crippen molar-refractivity contribution in [3.05, 3.63) is 42.2 Å². The summed E-state index contributed by atoms with van der Waals surface area (Å²) in [6.45, 7) is 0. The highest BCUT2D eigenvalue weighted by atomic mass is 14.9. The minimum atomic E-state index is -0.178. The van der Waals surface area contributed by atoms with Gasteiger partial charge in [0.2, 0.25) is 0 Å². The molecule has 1 aromatic carbocycles. The predicted octanol–water partition coefficient (Wildman–Crippen LogP) is 1.01. The van der Waals surface area contributed by atoms with E-state index >= 15 is 0 Å². The van der Waals surface area contributed by atoms with E-state index in [1.54, 1.807) is 6.20 Å². The molecule has 0 radical (unpaired) electrons. The Kier molecular flexibility index (Phi) is 2.51. The van der Waals surface area contributed by atoms with Crippen molar-refractivity contribution in [1.82, 2.24) is 9.97 Å². The van der Waals surface area contributed by atoms with Crippen molar-refractivity contribution in [3.63, 3.8) is 0 Å². The Morgan fingerprint density at radius 2 is 1.88 bits per heavy atom. The second-order valence-electron chi connectivity index (χ2n) is 3.27. The molecule has 80 valence electrons. The number of benzene rings is 1. The van der Waals surface area contributed by atoms with Gasteiger partial charge in [0.05, 0.1) is 11.9 Å². The van der Waals surface area contributed by atoms with Gasteiger partial charge in [0, 0.05) is 5.56 Å². The molecule has 0 saturated carbocycles. The molecule has 0 atom stereocenters. The van der Waals surface area contributed by atoms with E-state index < -0.39 is 0 Å². The molecule has 5 nitrogen and oxygen atoms in total. The van der Waals surface area contributed by atoms with Gasteiger partial charge >= 0.3 is 0 Å². The van der Waals surface area contributed by atoms with Crippen LogP contribution in [0, 0.1) is 5.41 Å². The Labute approximate surface area is 92.7 Å². The molecule has 2 aromatic rings. The standard InChI is InChI=1S/C11H11N5/c12-10(13)9-11(14)15-6-8(16-9)7-4-2-1-3-5-7/h1-6H,(H3,12,13)(H2,14,15).